The lowest BCUT2D eigenvalue weighted by Gasteiger charge is -2.38. The lowest BCUT2D eigenvalue weighted by atomic mass is 9.98. The summed E-state index contributed by atoms with van der Waals surface area (Å²) in [6.45, 7) is 0.725. The van der Waals surface area contributed by atoms with Crippen LogP contribution in [0.3, 0.4) is 0 Å². The maximum Gasteiger partial charge on any atom is 0.471 e. The first kappa shape index (κ1) is 38.9. The van der Waals surface area contributed by atoms with Crippen LogP contribution in [0.25, 0.3) is 11.1 Å². The van der Waals surface area contributed by atoms with Crippen LogP contribution in [0.15, 0.2) is 97.1 Å². The Hall–Kier alpha value is -4.79. The Morgan fingerprint density at radius 3 is 2.35 bits per heavy atom. The molecule has 0 saturated carbocycles. The number of hydrogen-bond donors (Lipinski definition) is 4. The van der Waals surface area contributed by atoms with Crippen molar-refractivity contribution >= 4 is 11.8 Å². The molecule has 10 nitrogen and oxygen atoms in total. The molecule has 13 heteroatoms. The van der Waals surface area contributed by atoms with Crippen molar-refractivity contribution in [1.82, 2.24) is 15.1 Å². The molecule has 2 amide bonds. The molecule has 5 atom stereocenters. The van der Waals surface area contributed by atoms with Crippen LogP contribution in [0.2, 0.25) is 0 Å². The molecule has 4 aromatic rings. The maximum absolute atomic E-state index is 13.0. The third kappa shape index (κ3) is 9.65. The van der Waals surface area contributed by atoms with E-state index in [1.54, 1.807) is 24.3 Å². The monoisotopic (exact) mass is 747 g/mol. The standard InChI is InChI=1S/C41H44F3N3O7/c1-46(24-36(50)32-7-3-8-33(49)20-32)23-34-21-37(29-12-10-26(25-48)11-13-29)54-39(53-34)30-16-14-28(15-17-30)31-6-2-5-27(19-31)22-45-38(51)35-9-4-18-47(35)40(52)41(42,43)44/h2-3,5-8,10-17,19-20,34-37,39,48-50H,4,9,18,21-25H2,1H3,(H,45,51)/t34-,35-,36+,37+,39+/m0/s1. The molecule has 0 bridgehead atoms. The first-order valence-electron chi connectivity index (χ1n) is 17.9. The van der Waals surface area contributed by atoms with Crippen LogP contribution in [0.1, 0.15) is 65.6 Å². The second-order valence-corrected chi connectivity index (χ2v) is 13.9. The smallest absolute Gasteiger partial charge is 0.471 e. The number of carbonyl (C=O) groups excluding carboxylic acids is 2. The Kier molecular flexibility index (Phi) is 12.3. The number of carbonyl (C=O) groups is 2. The minimum absolute atomic E-state index is 0.0664. The molecule has 0 aliphatic carbocycles. The van der Waals surface area contributed by atoms with Gasteiger partial charge in [-0.15, -0.1) is 0 Å². The van der Waals surface area contributed by atoms with E-state index in [0.29, 0.717) is 36.4 Å². The highest BCUT2D eigenvalue weighted by atomic mass is 19.4. The number of ether oxygens (including phenoxy) is 2. The molecule has 6 rings (SSSR count). The second-order valence-electron chi connectivity index (χ2n) is 13.9. The van der Waals surface area contributed by atoms with Crippen molar-refractivity contribution in [3.8, 4) is 16.9 Å². The van der Waals surface area contributed by atoms with Gasteiger partial charge in [0.15, 0.2) is 6.29 Å². The summed E-state index contributed by atoms with van der Waals surface area (Å²) in [6.07, 6.45) is -6.06. The van der Waals surface area contributed by atoms with Gasteiger partial charge in [0.25, 0.3) is 0 Å². The topological polar surface area (TPSA) is 132 Å². The number of alkyl halides is 3. The summed E-state index contributed by atoms with van der Waals surface area (Å²) in [5.41, 5.74) is 5.63. The predicted octanol–water partition coefficient (Wildman–Crippen LogP) is 5.93. The van der Waals surface area contributed by atoms with Crippen molar-refractivity contribution in [2.45, 2.75) is 69.2 Å². The van der Waals surface area contributed by atoms with Gasteiger partial charge in [-0.05, 0) is 71.5 Å². The van der Waals surface area contributed by atoms with Crippen LogP contribution in [0, 0.1) is 0 Å². The molecule has 2 aliphatic heterocycles. The number of halogens is 3. The van der Waals surface area contributed by atoms with E-state index >= 15 is 0 Å². The summed E-state index contributed by atoms with van der Waals surface area (Å²) in [5, 5.41) is 32.9. The molecule has 2 heterocycles. The zero-order valence-corrected chi connectivity index (χ0v) is 29.8. The molecule has 0 spiro atoms. The number of benzene rings is 4. The fraction of sp³-hybridized carbons (Fsp3) is 0.366. The average Bonchev–Trinajstić information content (AvgIpc) is 3.66. The van der Waals surface area contributed by atoms with Gasteiger partial charge in [-0.25, -0.2) is 0 Å². The number of aromatic hydroxyl groups is 1. The fourth-order valence-electron chi connectivity index (χ4n) is 7.03. The highest BCUT2D eigenvalue weighted by molar-refractivity contribution is 5.90. The van der Waals surface area contributed by atoms with E-state index in [1.807, 2.05) is 84.7 Å². The van der Waals surface area contributed by atoms with Crippen molar-refractivity contribution in [3.05, 3.63) is 125 Å². The Morgan fingerprint density at radius 1 is 0.926 bits per heavy atom. The third-order valence-corrected chi connectivity index (χ3v) is 9.84. The van der Waals surface area contributed by atoms with Gasteiger partial charge in [-0.2, -0.15) is 13.2 Å². The van der Waals surface area contributed by atoms with E-state index in [9.17, 15) is 38.1 Å². The second kappa shape index (κ2) is 17.1. The van der Waals surface area contributed by atoms with Crippen molar-refractivity contribution in [2.24, 2.45) is 0 Å². The minimum atomic E-state index is -5.03. The van der Waals surface area contributed by atoms with E-state index < -0.39 is 36.4 Å². The van der Waals surface area contributed by atoms with Gasteiger partial charge >= 0.3 is 12.1 Å². The maximum atomic E-state index is 13.0. The van der Waals surface area contributed by atoms with Crippen molar-refractivity contribution < 1.29 is 47.6 Å². The highest BCUT2D eigenvalue weighted by Crippen LogP contribution is 2.39. The first-order valence-corrected chi connectivity index (χ1v) is 17.9. The van der Waals surface area contributed by atoms with Crippen LogP contribution in [0.5, 0.6) is 5.75 Å². The molecule has 0 radical (unpaired) electrons. The number of nitrogens with one attached hydrogen (secondary N) is 1. The molecule has 2 fully saturated rings. The number of amides is 2. The fourth-order valence-corrected chi connectivity index (χ4v) is 7.03. The number of hydrogen-bond acceptors (Lipinski definition) is 8. The van der Waals surface area contributed by atoms with Crippen LogP contribution in [0.4, 0.5) is 13.2 Å². The van der Waals surface area contributed by atoms with Crippen molar-refractivity contribution in [1.29, 1.82) is 0 Å². The number of aliphatic hydroxyl groups is 2. The molecule has 54 heavy (non-hydrogen) atoms. The summed E-state index contributed by atoms with van der Waals surface area (Å²) < 4.78 is 52.1. The normalized spacial score (nSPS) is 20.9. The molecule has 4 N–H and O–H groups in total. The number of nitrogens with zero attached hydrogens (tertiary/aromatic N) is 2. The third-order valence-electron chi connectivity index (χ3n) is 9.84. The number of rotatable bonds is 12. The van der Waals surface area contributed by atoms with Crippen molar-refractivity contribution in [2.75, 3.05) is 26.7 Å². The zero-order valence-electron chi connectivity index (χ0n) is 29.8. The highest BCUT2D eigenvalue weighted by Gasteiger charge is 2.47. The summed E-state index contributed by atoms with van der Waals surface area (Å²) in [4.78, 5) is 27.2. The van der Waals surface area contributed by atoms with Crippen LogP contribution < -0.4 is 5.32 Å². The molecule has 0 aromatic heterocycles. The van der Waals surface area contributed by atoms with E-state index in [1.165, 1.54) is 0 Å². The molecule has 2 saturated heterocycles. The molecular weight excluding hydrogens is 703 g/mol. The van der Waals surface area contributed by atoms with E-state index in [4.69, 9.17) is 9.47 Å². The predicted molar refractivity (Wildman–Crippen MR) is 194 cm³/mol. The molecule has 286 valence electrons. The van der Waals surface area contributed by atoms with Gasteiger partial charge in [0, 0.05) is 38.2 Å². The number of aliphatic hydroxyl groups excluding tert-OH is 2. The van der Waals surface area contributed by atoms with E-state index in [-0.39, 0.29) is 44.1 Å². The van der Waals surface area contributed by atoms with Crippen LogP contribution >= 0.6 is 0 Å². The summed E-state index contributed by atoms with van der Waals surface area (Å²) in [6, 6.07) is 28.2. The summed E-state index contributed by atoms with van der Waals surface area (Å²) in [7, 11) is 1.90. The lowest BCUT2D eigenvalue weighted by Crippen LogP contribution is -2.50. The Labute approximate surface area is 311 Å². The number of likely N-dealkylation sites (N-methyl/N-ethyl adjacent to an activating group) is 1. The van der Waals surface area contributed by atoms with Crippen molar-refractivity contribution in [3.63, 3.8) is 0 Å². The van der Waals surface area contributed by atoms with Gasteiger partial charge in [0.1, 0.15) is 11.8 Å². The van der Waals surface area contributed by atoms with Gasteiger partial charge in [0.2, 0.25) is 5.91 Å². The summed E-state index contributed by atoms with van der Waals surface area (Å²) >= 11 is 0. The largest absolute Gasteiger partial charge is 0.508 e. The number of phenolic OH excluding ortho intramolecular Hbond substituents is 1. The Bertz CT molecular complexity index is 1890. The van der Waals surface area contributed by atoms with E-state index in [0.717, 1.165) is 33.4 Å². The SMILES string of the molecule is CN(C[C@@H]1C[C@H](c2ccc(CO)cc2)O[C@H](c2ccc(-c3cccc(CNC(=O)[C@@H]4CCCN4C(=O)C(F)(F)F)c3)cc2)O1)C[C@@H](O)c1cccc(O)c1. The van der Waals surface area contributed by atoms with E-state index in [2.05, 4.69) is 5.32 Å². The van der Waals surface area contributed by atoms with Crippen LogP contribution in [-0.4, -0.2) is 81.9 Å². The zero-order chi connectivity index (χ0) is 38.4. The molecule has 4 aromatic carbocycles. The number of phenols is 1. The van der Waals surface area contributed by atoms with Gasteiger partial charge in [0.05, 0.1) is 24.9 Å². The van der Waals surface area contributed by atoms with Crippen LogP contribution in [-0.2, 0) is 32.2 Å². The number of likely N-dealkylation sites (tertiary alicyclic amines) is 1. The first-order chi connectivity index (χ1) is 25.9. The van der Waals surface area contributed by atoms with Gasteiger partial charge < -0.3 is 39.9 Å². The molecule has 2 aliphatic rings. The Morgan fingerprint density at radius 2 is 1.65 bits per heavy atom. The quantitative estimate of drug-likeness (QED) is 0.140. The van der Waals surface area contributed by atoms with Gasteiger partial charge in [-0.1, -0.05) is 78.9 Å². The van der Waals surface area contributed by atoms with Gasteiger partial charge in [-0.3, -0.25) is 9.59 Å². The molecule has 0 unspecified atom stereocenters. The summed E-state index contributed by atoms with van der Waals surface area (Å²) in [5.74, 6) is -2.53. The Balaban J connectivity index is 1.12. The molecular formula is C41H44F3N3O7. The minimum Gasteiger partial charge on any atom is -0.508 e. The average molecular weight is 748 g/mol. The lowest BCUT2D eigenvalue weighted by molar-refractivity contribution is -0.252.